The maximum atomic E-state index is 14.5. The molecule has 0 atom stereocenters. The number of carboxylic acids is 1. The molecule has 84 heavy (non-hydrogen) atoms. The second kappa shape index (κ2) is 26.7. The third-order valence-corrected chi connectivity index (χ3v) is 14.3. The number of nitrogens with one attached hydrogen (secondary N) is 4. The van der Waals surface area contributed by atoms with Crippen LogP contribution in [0.4, 0.5) is 68.0 Å². The highest BCUT2D eigenvalue weighted by molar-refractivity contribution is 7.90. The summed E-state index contributed by atoms with van der Waals surface area (Å²) in [5.41, 5.74) is -0.0379. The molecule has 3 aromatic carbocycles. The Balaban J connectivity index is 0.000000202. The Morgan fingerprint density at radius 1 is 0.881 bits per heavy atom. The van der Waals surface area contributed by atoms with Crippen LogP contribution >= 0.6 is 11.5 Å². The number of carbonyl (C=O) groups excluding carboxylic acids is 3. The summed E-state index contributed by atoms with van der Waals surface area (Å²) >= 11 is 1.24. The molecular formula is C47H43F8N13O13S3. The molecule has 0 fully saturated rings. The summed E-state index contributed by atoms with van der Waals surface area (Å²) in [4.78, 5) is 70.3. The van der Waals surface area contributed by atoms with E-state index in [9.17, 15) is 71.1 Å². The fraction of sp³-hybridized carbons (Fsp3) is 0.298. The minimum absolute atomic E-state index is 0.0715. The fourth-order valence-corrected chi connectivity index (χ4v) is 10.4. The van der Waals surface area contributed by atoms with Gasteiger partial charge in [-0.3, -0.25) is 20.3 Å². The number of terminal acetylenes is 1. The molecule has 2 aliphatic heterocycles. The number of methoxy groups -OCH3 is 1. The van der Waals surface area contributed by atoms with Gasteiger partial charge >= 0.3 is 43.4 Å². The number of alkyl halides is 7. The standard InChI is InChI=1S/C18H17FN4O2S.C15H16F3N5O4S.C14H10F4N4O7S/c1-4-5-22-13-7-12(11(19)6-14(13)25-9-16(22)24)20-17-23-10-18(2,3)8-15(23)21-26-17;1-9-19-12(22-14(20-9)27-2)21-13(24)23-28(25,26)11-6-4-3-5-10(11)7-8-15(16,17)18;15-11(16)28-8-5-9(29-12(17)18)20-13(19-8)21-14(25)22-30(26,27)7-4-2-1-3-6(7)10(23)24/h1,6-7H,5,8-10H2,2-3H3;3-6H,7-8H2,1-2H3,(H2,19,20,21,22,23,24);1-5,11-12H,(H,23,24)(H2,19,20,21,22,25). The van der Waals surface area contributed by atoms with Crippen LogP contribution in [0, 0.1) is 30.5 Å². The van der Waals surface area contributed by atoms with Crippen molar-refractivity contribution >= 4 is 78.8 Å². The Labute approximate surface area is 473 Å². The van der Waals surface area contributed by atoms with Crippen molar-refractivity contribution in [2.75, 3.05) is 35.8 Å². The molecule has 5 amide bonds. The van der Waals surface area contributed by atoms with Crippen LogP contribution in [-0.4, -0.2) is 119 Å². The number of ether oxygens (including phenoxy) is 4. The molecule has 0 spiro atoms. The Kier molecular flexibility index (Phi) is 20.3. The van der Waals surface area contributed by atoms with Crippen LogP contribution in [0.3, 0.4) is 0 Å². The second-order valence-corrected chi connectivity index (χ2v) is 21.7. The maximum absolute atomic E-state index is 14.5. The zero-order valence-electron chi connectivity index (χ0n) is 43.4. The smallest absolute Gasteiger partial charge is 0.389 e. The van der Waals surface area contributed by atoms with Crippen molar-refractivity contribution in [2.45, 2.75) is 75.8 Å². The van der Waals surface area contributed by atoms with Crippen molar-refractivity contribution in [3.8, 4) is 35.9 Å². The van der Waals surface area contributed by atoms with E-state index >= 15 is 0 Å². The summed E-state index contributed by atoms with van der Waals surface area (Å²) in [7, 11) is -7.86. The molecule has 0 bridgehead atoms. The van der Waals surface area contributed by atoms with Crippen molar-refractivity contribution in [1.29, 1.82) is 0 Å². The quantitative estimate of drug-likeness (QED) is 0.0521. The largest absolute Gasteiger partial charge is 0.481 e. The van der Waals surface area contributed by atoms with Gasteiger partial charge in [0.1, 0.15) is 28.0 Å². The summed E-state index contributed by atoms with van der Waals surface area (Å²) in [6, 6.07) is 9.79. The Bertz CT molecular complexity index is 3780. The topological polar surface area (TPSA) is 340 Å². The van der Waals surface area contributed by atoms with Gasteiger partial charge in [0.2, 0.25) is 28.5 Å². The SMILES string of the molecule is C#CCN1C(=O)COc2cc(F)c(N=c3snc4n3CC(C)(C)C4)cc21.COc1nc(C)nc(NC(=O)NS(=O)(=O)c2ccccc2CCC(F)(F)F)n1.O=C(Nc1nc(OC(F)F)cc(OC(F)F)n1)NS(=O)(=O)c1ccccc1C(=O)O. The van der Waals surface area contributed by atoms with Crippen LogP contribution in [-0.2, 0) is 44.2 Å². The van der Waals surface area contributed by atoms with Gasteiger partial charge < -0.3 is 28.6 Å². The number of nitrogens with zero attached hydrogens (tertiary/aromatic N) is 9. The number of benzene rings is 3. The summed E-state index contributed by atoms with van der Waals surface area (Å²) in [5.74, 6) is -1.58. The average molecular weight is 1250 g/mol. The van der Waals surface area contributed by atoms with Crippen molar-refractivity contribution in [3.05, 3.63) is 100 Å². The number of aromatic nitrogens is 7. The van der Waals surface area contributed by atoms with Gasteiger partial charge in [-0.1, -0.05) is 50.1 Å². The lowest BCUT2D eigenvalue weighted by molar-refractivity contribution is -0.134. The van der Waals surface area contributed by atoms with Gasteiger partial charge in [-0.15, -0.1) is 6.42 Å². The summed E-state index contributed by atoms with van der Waals surface area (Å²) < 4.78 is 178. The summed E-state index contributed by atoms with van der Waals surface area (Å²) in [6.07, 6.45) is 0.0207. The number of halogens is 8. The molecule has 0 saturated carbocycles. The zero-order chi connectivity index (χ0) is 61.9. The van der Waals surface area contributed by atoms with Crippen LogP contribution in [0.25, 0.3) is 0 Å². The number of carboxylic acid groups (broad SMARTS) is 1. The maximum Gasteiger partial charge on any atom is 0.389 e. The Morgan fingerprint density at radius 2 is 1.46 bits per heavy atom. The number of hydrogen-bond donors (Lipinski definition) is 5. The third-order valence-electron chi connectivity index (χ3n) is 10.7. The number of carbonyl (C=O) groups is 4. The molecule has 2 aliphatic rings. The minimum atomic E-state index is -4.71. The molecule has 0 radical (unpaired) electrons. The molecule has 5 heterocycles. The van der Waals surface area contributed by atoms with E-state index in [2.05, 4.69) is 68.8 Å². The van der Waals surface area contributed by atoms with Gasteiger partial charge in [0, 0.05) is 37.0 Å². The predicted molar refractivity (Wildman–Crippen MR) is 275 cm³/mol. The van der Waals surface area contributed by atoms with Gasteiger partial charge in [0.15, 0.2) is 12.4 Å². The number of urea groups is 2. The molecule has 0 aliphatic carbocycles. The number of hydrogen-bond acceptors (Lipinski definition) is 20. The third kappa shape index (κ3) is 17.6. The van der Waals surface area contributed by atoms with Crippen molar-refractivity contribution in [3.63, 3.8) is 0 Å². The molecule has 3 aromatic heterocycles. The molecule has 26 nitrogen and oxygen atoms in total. The van der Waals surface area contributed by atoms with E-state index < -0.39 is 109 Å². The molecule has 6 aromatic rings. The van der Waals surface area contributed by atoms with Gasteiger partial charge in [-0.05, 0) is 48.6 Å². The first-order chi connectivity index (χ1) is 39.3. The number of aryl methyl sites for hydroxylation is 2. The van der Waals surface area contributed by atoms with E-state index in [1.165, 1.54) is 77.7 Å². The normalized spacial score (nSPS) is 13.6. The van der Waals surface area contributed by atoms with Crippen molar-refractivity contribution in [2.24, 2.45) is 10.4 Å². The first kappa shape index (κ1) is 63.9. The number of amides is 5. The van der Waals surface area contributed by atoms with Crippen LogP contribution in [0.15, 0.2) is 81.5 Å². The van der Waals surface area contributed by atoms with E-state index in [0.29, 0.717) is 22.3 Å². The number of aromatic carboxylic acids is 1. The van der Waals surface area contributed by atoms with E-state index in [1.54, 1.807) is 10.0 Å². The highest BCUT2D eigenvalue weighted by Gasteiger charge is 2.33. The predicted octanol–water partition coefficient (Wildman–Crippen LogP) is 6.34. The van der Waals surface area contributed by atoms with Crippen LogP contribution in [0.5, 0.6) is 23.5 Å². The highest BCUT2D eigenvalue weighted by Crippen LogP contribution is 2.38. The van der Waals surface area contributed by atoms with Gasteiger partial charge in [-0.2, -0.15) is 60.0 Å². The summed E-state index contributed by atoms with van der Waals surface area (Å²) in [6.45, 7) is -0.262. The molecule has 8 rings (SSSR count). The van der Waals surface area contributed by atoms with E-state index in [0.717, 1.165) is 37.0 Å². The molecular weight excluding hydrogens is 1200 g/mol. The van der Waals surface area contributed by atoms with E-state index in [1.807, 2.05) is 4.57 Å². The minimum Gasteiger partial charge on any atom is -0.481 e. The number of anilines is 3. The Hall–Kier alpha value is -9.31. The highest BCUT2D eigenvalue weighted by atomic mass is 32.2. The Morgan fingerprint density at radius 3 is 2.05 bits per heavy atom. The number of fused-ring (bicyclic) bond motifs is 2. The molecule has 5 N–H and O–H groups in total. The monoisotopic (exact) mass is 1250 g/mol. The lowest BCUT2D eigenvalue weighted by atomic mass is 9.92. The van der Waals surface area contributed by atoms with Crippen LogP contribution in [0.2, 0.25) is 0 Å². The fourth-order valence-electron chi connectivity index (χ4n) is 7.35. The summed E-state index contributed by atoms with van der Waals surface area (Å²) in [5, 5.41) is 12.8. The molecule has 0 unspecified atom stereocenters. The lowest BCUT2D eigenvalue weighted by Gasteiger charge is -2.28. The van der Waals surface area contributed by atoms with Gasteiger partial charge in [-0.25, -0.2) is 50.0 Å². The number of rotatable bonds is 16. The first-order valence-electron chi connectivity index (χ1n) is 23.4. The molecule has 0 saturated heterocycles. The molecule has 448 valence electrons. The van der Waals surface area contributed by atoms with E-state index in [4.69, 9.17) is 21.0 Å². The average Bonchev–Trinajstić information content (AvgIpc) is 2.22. The van der Waals surface area contributed by atoms with Gasteiger partial charge in [0.25, 0.3) is 26.0 Å². The van der Waals surface area contributed by atoms with Crippen molar-refractivity contribution < 1.29 is 95.2 Å². The van der Waals surface area contributed by atoms with Crippen molar-refractivity contribution in [1.82, 2.24) is 43.3 Å². The van der Waals surface area contributed by atoms with Gasteiger partial charge in [0.05, 0.1) is 35.9 Å². The van der Waals surface area contributed by atoms with Crippen LogP contribution < -0.4 is 48.7 Å². The number of sulfonamides is 2. The molecule has 37 heteroatoms. The lowest BCUT2D eigenvalue weighted by Crippen LogP contribution is -2.39. The van der Waals surface area contributed by atoms with E-state index in [-0.39, 0.29) is 53.5 Å². The van der Waals surface area contributed by atoms with Crippen LogP contribution in [0.1, 0.15) is 47.8 Å². The zero-order valence-corrected chi connectivity index (χ0v) is 45.9. The second-order valence-electron chi connectivity index (χ2n) is 17.6. The first-order valence-corrected chi connectivity index (χ1v) is 27.1.